The minimum Gasteiger partial charge on any atom is -0.452 e. The highest BCUT2D eigenvalue weighted by atomic mass is 35.5. The lowest BCUT2D eigenvalue weighted by atomic mass is 10.2. The number of carbonyl (C=O) groups is 2. The van der Waals surface area contributed by atoms with E-state index in [0.29, 0.717) is 24.5 Å². The van der Waals surface area contributed by atoms with Crippen molar-refractivity contribution in [1.29, 1.82) is 0 Å². The lowest BCUT2D eigenvalue weighted by Gasteiger charge is -2.15. The van der Waals surface area contributed by atoms with E-state index in [9.17, 15) is 22.8 Å². The van der Waals surface area contributed by atoms with Crippen molar-refractivity contribution in [2.45, 2.75) is 24.7 Å². The predicted molar refractivity (Wildman–Crippen MR) is 139 cm³/mol. The van der Waals surface area contributed by atoms with Crippen molar-refractivity contribution >= 4 is 50.8 Å². The molecular formula is C24H24Cl2N4O6S. The molecule has 196 valence electrons. The van der Waals surface area contributed by atoms with Crippen LogP contribution < -0.4 is 10.3 Å². The monoisotopic (exact) mass is 566 g/mol. The number of esters is 1. The number of anilines is 1. The first-order chi connectivity index (χ1) is 17.5. The molecular weight excluding hydrogens is 543 g/mol. The second-order valence-electron chi connectivity index (χ2n) is 8.47. The molecule has 0 aliphatic carbocycles. The van der Waals surface area contributed by atoms with Gasteiger partial charge in [0, 0.05) is 20.1 Å². The molecule has 0 unspecified atom stereocenters. The Hall–Kier alpha value is -3.28. The van der Waals surface area contributed by atoms with Crippen LogP contribution in [0.15, 0.2) is 52.2 Å². The molecule has 1 aromatic heterocycles. The van der Waals surface area contributed by atoms with Crippen LogP contribution in [0.25, 0.3) is 5.69 Å². The number of ether oxygens (including phenoxy) is 1. The lowest BCUT2D eigenvalue weighted by Crippen LogP contribution is -2.32. The van der Waals surface area contributed by atoms with Gasteiger partial charge in [-0.2, -0.15) is 0 Å². The van der Waals surface area contributed by atoms with Crippen LogP contribution in [0.2, 0.25) is 10.0 Å². The van der Waals surface area contributed by atoms with Crippen LogP contribution in [-0.2, 0) is 26.6 Å². The summed E-state index contributed by atoms with van der Waals surface area (Å²) in [5.41, 5.74) is -0.172. The number of halogens is 2. The van der Waals surface area contributed by atoms with Crippen LogP contribution in [0.3, 0.4) is 0 Å². The van der Waals surface area contributed by atoms with Crippen LogP contribution in [0, 0.1) is 6.92 Å². The molecule has 0 saturated carbocycles. The molecule has 2 heterocycles. The van der Waals surface area contributed by atoms with Gasteiger partial charge in [-0.15, -0.1) is 0 Å². The third kappa shape index (κ3) is 5.39. The average Bonchev–Trinajstić information content (AvgIpc) is 3.47. The fourth-order valence-electron chi connectivity index (χ4n) is 4.03. The van der Waals surface area contributed by atoms with Crippen molar-refractivity contribution in [3.05, 3.63) is 74.1 Å². The largest absolute Gasteiger partial charge is 0.452 e. The van der Waals surface area contributed by atoms with Crippen LogP contribution in [0.1, 0.15) is 28.9 Å². The van der Waals surface area contributed by atoms with Crippen LogP contribution in [0.5, 0.6) is 0 Å². The Morgan fingerprint density at radius 2 is 1.70 bits per heavy atom. The van der Waals surface area contributed by atoms with Gasteiger partial charge in [0.25, 0.3) is 21.5 Å². The quantitative estimate of drug-likeness (QED) is 0.438. The fourth-order valence-corrected chi connectivity index (χ4v) is 6.00. The molecule has 3 aromatic rings. The molecule has 0 bridgehead atoms. The van der Waals surface area contributed by atoms with E-state index in [4.69, 9.17) is 27.9 Å². The Bertz CT molecular complexity index is 1530. The van der Waals surface area contributed by atoms with Gasteiger partial charge >= 0.3 is 5.97 Å². The van der Waals surface area contributed by atoms with Crippen molar-refractivity contribution in [3.8, 4) is 5.69 Å². The van der Waals surface area contributed by atoms with E-state index < -0.39 is 33.1 Å². The maximum Gasteiger partial charge on any atom is 0.340 e. The van der Waals surface area contributed by atoms with Crippen molar-refractivity contribution in [2.24, 2.45) is 7.05 Å². The van der Waals surface area contributed by atoms with Crippen molar-refractivity contribution < 1.29 is 22.7 Å². The van der Waals surface area contributed by atoms with Gasteiger partial charge in [-0.05, 0) is 44.0 Å². The molecule has 1 N–H and O–H groups in total. The molecule has 2 aromatic carbocycles. The molecule has 0 spiro atoms. The van der Waals surface area contributed by atoms with Gasteiger partial charge < -0.3 is 9.64 Å². The summed E-state index contributed by atoms with van der Waals surface area (Å²) in [4.78, 5) is 39.1. The number of amides is 1. The highest BCUT2D eigenvalue weighted by Crippen LogP contribution is 2.31. The van der Waals surface area contributed by atoms with Crippen molar-refractivity contribution in [3.63, 3.8) is 0 Å². The molecule has 1 aliphatic rings. The van der Waals surface area contributed by atoms with Gasteiger partial charge in [0.05, 0.1) is 27.0 Å². The Labute approximate surface area is 223 Å². The number of hydrogen-bond acceptors (Lipinski definition) is 6. The van der Waals surface area contributed by atoms with Gasteiger partial charge in [0.1, 0.15) is 10.6 Å². The number of aromatic nitrogens is 2. The lowest BCUT2D eigenvalue weighted by molar-refractivity contribution is -0.133. The number of rotatable bonds is 7. The Balaban J connectivity index is 1.62. The minimum atomic E-state index is -4.44. The number of para-hydroxylation sites is 1. The Kier molecular flexibility index (Phi) is 7.67. The highest BCUT2D eigenvalue weighted by molar-refractivity contribution is 7.92. The van der Waals surface area contributed by atoms with Crippen LogP contribution in [-0.4, -0.2) is 54.3 Å². The molecule has 4 rings (SSSR count). The summed E-state index contributed by atoms with van der Waals surface area (Å²) in [6.07, 6.45) is 1.77. The summed E-state index contributed by atoms with van der Waals surface area (Å²) in [5.74, 6) is -1.33. The number of nitrogens with zero attached hydrogens (tertiary/aromatic N) is 3. The zero-order chi connectivity index (χ0) is 26.9. The van der Waals surface area contributed by atoms with E-state index in [1.165, 1.54) is 9.36 Å². The van der Waals surface area contributed by atoms with Crippen molar-refractivity contribution in [1.82, 2.24) is 14.3 Å². The zero-order valence-corrected chi connectivity index (χ0v) is 22.4. The maximum atomic E-state index is 13.3. The normalized spacial score (nSPS) is 13.6. The SMILES string of the molecule is Cc1c(NS(=O)(=O)c2cc(C(=O)OCC(=O)N3CCCC3)c(Cl)cc2Cl)c(=O)n(-c2ccccc2)n1C. The minimum absolute atomic E-state index is 0.148. The van der Waals surface area contributed by atoms with E-state index in [1.54, 1.807) is 49.2 Å². The van der Waals surface area contributed by atoms with Crippen LogP contribution >= 0.6 is 23.2 Å². The molecule has 1 saturated heterocycles. The molecule has 13 heteroatoms. The van der Waals surface area contributed by atoms with E-state index in [-0.39, 0.29) is 27.2 Å². The van der Waals surface area contributed by atoms with E-state index >= 15 is 0 Å². The summed E-state index contributed by atoms with van der Waals surface area (Å²) in [7, 11) is -2.82. The van der Waals surface area contributed by atoms with Gasteiger partial charge in [-0.1, -0.05) is 41.4 Å². The summed E-state index contributed by atoms with van der Waals surface area (Å²) < 4.78 is 36.8. The molecule has 1 fully saturated rings. The number of benzene rings is 2. The molecule has 0 radical (unpaired) electrons. The number of carbonyl (C=O) groups excluding carboxylic acids is 2. The first kappa shape index (κ1) is 26.8. The topological polar surface area (TPSA) is 120 Å². The molecule has 10 nitrogen and oxygen atoms in total. The van der Waals surface area contributed by atoms with Gasteiger partial charge in [0.15, 0.2) is 6.61 Å². The third-order valence-corrected chi connectivity index (χ3v) is 8.23. The first-order valence-corrected chi connectivity index (χ1v) is 13.6. The summed E-state index contributed by atoms with van der Waals surface area (Å²) in [6.45, 7) is 2.27. The Morgan fingerprint density at radius 3 is 2.35 bits per heavy atom. The van der Waals surface area contributed by atoms with E-state index in [2.05, 4.69) is 4.72 Å². The Morgan fingerprint density at radius 1 is 1.05 bits per heavy atom. The van der Waals surface area contributed by atoms with E-state index in [1.807, 2.05) is 0 Å². The predicted octanol–water partition coefficient (Wildman–Crippen LogP) is 3.37. The summed E-state index contributed by atoms with van der Waals surface area (Å²) in [5, 5.41) is -0.413. The average molecular weight is 567 g/mol. The number of likely N-dealkylation sites (tertiary alicyclic amines) is 1. The van der Waals surface area contributed by atoms with Gasteiger partial charge in [-0.25, -0.2) is 17.9 Å². The second-order valence-corrected chi connectivity index (χ2v) is 10.9. The molecule has 0 atom stereocenters. The van der Waals surface area contributed by atoms with Gasteiger partial charge in [-0.3, -0.25) is 19.0 Å². The van der Waals surface area contributed by atoms with Gasteiger partial charge in [0.2, 0.25) is 0 Å². The fraction of sp³-hybridized carbons (Fsp3) is 0.292. The van der Waals surface area contributed by atoms with Crippen LogP contribution in [0.4, 0.5) is 5.69 Å². The molecule has 1 amide bonds. The molecule has 37 heavy (non-hydrogen) atoms. The number of hydrogen-bond donors (Lipinski definition) is 1. The first-order valence-electron chi connectivity index (χ1n) is 11.3. The third-order valence-electron chi connectivity index (χ3n) is 6.11. The van der Waals surface area contributed by atoms with Crippen molar-refractivity contribution in [2.75, 3.05) is 24.4 Å². The summed E-state index contributed by atoms with van der Waals surface area (Å²) >= 11 is 12.3. The number of sulfonamides is 1. The maximum absolute atomic E-state index is 13.3. The standard InChI is InChI=1S/C24H24Cl2N4O6S/c1-15-22(23(32)30(28(15)2)16-8-4-3-5-9-16)27-37(34,35)20-12-17(18(25)13-19(20)26)24(33)36-14-21(31)29-10-6-7-11-29/h3-5,8-9,12-13,27H,6-7,10-11,14H2,1-2H3. The molecule has 1 aliphatic heterocycles. The van der Waals surface area contributed by atoms with E-state index in [0.717, 1.165) is 25.0 Å². The summed E-state index contributed by atoms with van der Waals surface area (Å²) in [6, 6.07) is 10.8. The number of nitrogens with one attached hydrogen (secondary N) is 1. The smallest absolute Gasteiger partial charge is 0.340 e. The second kappa shape index (κ2) is 10.6. The highest BCUT2D eigenvalue weighted by Gasteiger charge is 2.27. The zero-order valence-electron chi connectivity index (χ0n) is 20.0.